The Morgan fingerprint density at radius 1 is 1.29 bits per heavy atom. The van der Waals surface area contributed by atoms with Gasteiger partial charge in [-0.15, -0.1) is 0 Å². The minimum absolute atomic E-state index is 0.151. The molecule has 1 aliphatic heterocycles. The standard InChI is InChI=1S/C17H20N2O2/c1-2-3-4-10-16(20)18-14-8-7-9-15(13-14)19-12-6-5-11-17(19)21/h2-4,7-10,13H,5-6,11-12H2,1H3,(H,18,20)/b3-2+,10-4+. The van der Waals surface area contributed by atoms with Crippen molar-refractivity contribution in [2.75, 3.05) is 16.8 Å². The molecule has 1 aromatic carbocycles. The molecule has 0 aromatic heterocycles. The van der Waals surface area contributed by atoms with Crippen LogP contribution in [0.15, 0.2) is 48.6 Å². The van der Waals surface area contributed by atoms with Crippen LogP contribution in [0, 0.1) is 0 Å². The zero-order valence-corrected chi connectivity index (χ0v) is 12.2. The molecule has 0 unspecified atom stereocenters. The highest BCUT2D eigenvalue weighted by molar-refractivity contribution is 6.00. The molecule has 0 bridgehead atoms. The molecule has 4 heteroatoms. The van der Waals surface area contributed by atoms with E-state index in [9.17, 15) is 9.59 Å². The smallest absolute Gasteiger partial charge is 0.248 e. The molecule has 0 spiro atoms. The van der Waals surface area contributed by atoms with Gasteiger partial charge in [-0.1, -0.05) is 24.3 Å². The van der Waals surface area contributed by atoms with E-state index in [-0.39, 0.29) is 11.8 Å². The number of benzene rings is 1. The fourth-order valence-electron chi connectivity index (χ4n) is 2.27. The van der Waals surface area contributed by atoms with Gasteiger partial charge < -0.3 is 10.2 Å². The fourth-order valence-corrected chi connectivity index (χ4v) is 2.27. The van der Waals surface area contributed by atoms with Gasteiger partial charge in [0.15, 0.2) is 0 Å². The average Bonchev–Trinajstić information content (AvgIpc) is 2.48. The first kappa shape index (κ1) is 15.0. The molecule has 1 fully saturated rings. The summed E-state index contributed by atoms with van der Waals surface area (Å²) in [4.78, 5) is 25.4. The topological polar surface area (TPSA) is 49.4 Å². The molecule has 110 valence electrons. The zero-order valence-electron chi connectivity index (χ0n) is 12.2. The Hall–Kier alpha value is -2.36. The van der Waals surface area contributed by atoms with Gasteiger partial charge in [0.2, 0.25) is 11.8 Å². The molecule has 1 aromatic rings. The van der Waals surface area contributed by atoms with Gasteiger partial charge in [-0.05, 0) is 38.0 Å². The van der Waals surface area contributed by atoms with Crippen molar-refractivity contribution in [2.24, 2.45) is 0 Å². The van der Waals surface area contributed by atoms with Gasteiger partial charge in [0.1, 0.15) is 0 Å². The molecule has 4 nitrogen and oxygen atoms in total. The quantitative estimate of drug-likeness (QED) is 0.681. The maximum atomic E-state index is 11.9. The van der Waals surface area contributed by atoms with Crippen LogP contribution in [0.2, 0.25) is 0 Å². The number of carbonyl (C=O) groups is 2. The van der Waals surface area contributed by atoms with Gasteiger partial charge in [0.05, 0.1) is 0 Å². The second-order valence-electron chi connectivity index (χ2n) is 4.93. The third-order valence-corrected chi connectivity index (χ3v) is 3.30. The van der Waals surface area contributed by atoms with E-state index in [2.05, 4.69) is 5.32 Å². The Morgan fingerprint density at radius 2 is 2.14 bits per heavy atom. The van der Waals surface area contributed by atoms with Gasteiger partial charge in [-0.2, -0.15) is 0 Å². The number of rotatable bonds is 4. The second-order valence-corrected chi connectivity index (χ2v) is 4.93. The summed E-state index contributed by atoms with van der Waals surface area (Å²) in [7, 11) is 0. The Kier molecular flexibility index (Phi) is 5.32. The van der Waals surface area contributed by atoms with Crippen LogP contribution in [0.3, 0.4) is 0 Å². The van der Waals surface area contributed by atoms with Crippen LogP contribution in [-0.4, -0.2) is 18.4 Å². The molecule has 0 atom stereocenters. The van der Waals surface area contributed by atoms with Gasteiger partial charge >= 0.3 is 0 Å². The van der Waals surface area contributed by atoms with E-state index >= 15 is 0 Å². The van der Waals surface area contributed by atoms with Gasteiger partial charge in [-0.25, -0.2) is 0 Å². The van der Waals surface area contributed by atoms with Crippen molar-refractivity contribution < 1.29 is 9.59 Å². The largest absolute Gasteiger partial charge is 0.322 e. The molecule has 1 saturated heterocycles. The van der Waals surface area contributed by atoms with E-state index < -0.39 is 0 Å². The molecule has 0 saturated carbocycles. The Morgan fingerprint density at radius 3 is 2.90 bits per heavy atom. The molecule has 2 amide bonds. The monoisotopic (exact) mass is 284 g/mol. The molecular weight excluding hydrogens is 264 g/mol. The molecule has 2 rings (SSSR count). The van der Waals surface area contributed by atoms with Gasteiger partial charge in [0.25, 0.3) is 0 Å². The van der Waals surface area contributed by atoms with Crippen molar-refractivity contribution in [2.45, 2.75) is 26.2 Å². The summed E-state index contributed by atoms with van der Waals surface area (Å²) in [5, 5.41) is 2.80. The van der Waals surface area contributed by atoms with Crippen molar-refractivity contribution in [3.8, 4) is 0 Å². The van der Waals surface area contributed by atoms with Crippen LogP contribution in [0.5, 0.6) is 0 Å². The summed E-state index contributed by atoms with van der Waals surface area (Å²) in [6.07, 6.45) is 9.39. The van der Waals surface area contributed by atoms with Crippen LogP contribution in [0.25, 0.3) is 0 Å². The van der Waals surface area contributed by atoms with Crippen molar-refractivity contribution in [1.29, 1.82) is 0 Å². The van der Waals surface area contributed by atoms with Crippen LogP contribution in [-0.2, 0) is 9.59 Å². The normalized spacial score (nSPS) is 15.9. The highest BCUT2D eigenvalue weighted by Gasteiger charge is 2.19. The lowest BCUT2D eigenvalue weighted by atomic mass is 10.1. The van der Waals surface area contributed by atoms with Crippen molar-refractivity contribution in [3.63, 3.8) is 0 Å². The number of hydrogen-bond donors (Lipinski definition) is 1. The molecule has 21 heavy (non-hydrogen) atoms. The Bertz CT molecular complexity index is 576. The van der Waals surface area contributed by atoms with E-state index in [0.717, 1.165) is 25.1 Å². The lowest BCUT2D eigenvalue weighted by Crippen LogP contribution is -2.35. The van der Waals surface area contributed by atoms with Gasteiger partial charge in [0, 0.05) is 30.4 Å². The summed E-state index contributed by atoms with van der Waals surface area (Å²) in [5.74, 6) is -0.0343. The van der Waals surface area contributed by atoms with Crippen molar-refractivity contribution in [1.82, 2.24) is 0 Å². The molecule has 0 aliphatic carbocycles. The third kappa shape index (κ3) is 4.31. The molecule has 1 aliphatic rings. The number of carbonyl (C=O) groups excluding carboxylic acids is 2. The molecule has 0 radical (unpaired) electrons. The molecule has 1 N–H and O–H groups in total. The minimum Gasteiger partial charge on any atom is -0.322 e. The maximum Gasteiger partial charge on any atom is 0.248 e. The first-order valence-corrected chi connectivity index (χ1v) is 7.21. The van der Waals surface area contributed by atoms with E-state index in [1.165, 1.54) is 6.08 Å². The third-order valence-electron chi connectivity index (χ3n) is 3.30. The molecular formula is C17H20N2O2. The number of amides is 2. The summed E-state index contributed by atoms with van der Waals surface area (Å²) in [6, 6.07) is 7.40. The SMILES string of the molecule is C/C=C/C=C/C(=O)Nc1cccc(N2CCCCC2=O)c1. The lowest BCUT2D eigenvalue weighted by Gasteiger charge is -2.27. The maximum absolute atomic E-state index is 11.9. The summed E-state index contributed by atoms with van der Waals surface area (Å²) in [6.45, 7) is 2.64. The number of allylic oxidation sites excluding steroid dienone is 3. The van der Waals surface area contributed by atoms with Crippen LogP contribution in [0.4, 0.5) is 11.4 Å². The second kappa shape index (κ2) is 7.43. The Labute approximate surface area is 125 Å². The van der Waals surface area contributed by atoms with E-state index in [0.29, 0.717) is 12.1 Å². The minimum atomic E-state index is -0.185. The number of anilines is 2. The van der Waals surface area contributed by atoms with Gasteiger partial charge in [-0.3, -0.25) is 9.59 Å². The highest BCUT2D eigenvalue weighted by atomic mass is 16.2. The summed E-state index contributed by atoms with van der Waals surface area (Å²) >= 11 is 0. The van der Waals surface area contributed by atoms with Crippen LogP contribution >= 0.6 is 0 Å². The van der Waals surface area contributed by atoms with E-state index in [1.807, 2.05) is 37.3 Å². The number of hydrogen-bond acceptors (Lipinski definition) is 2. The first-order chi connectivity index (χ1) is 10.2. The van der Waals surface area contributed by atoms with Crippen molar-refractivity contribution in [3.05, 3.63) is 48.6 Å². The number of piperidine rings is 1. The predicted octanol–water partition coefficient (Wildman–Crippen LogP) is 3.27. The van der Waals surface area contributed by atoms with E-state index in [4.69, 9.17) is 0 Å². The first-order valence-electron chi connectivity index (χ1n) is 7.21. The van der Waals surface area contributed by atoms with Crippen molar-refractivity contribution >= 4 is 23.2 Å². The summed E-state index contributed by atoms with van der Waals surface area (Å²) in [5.41, 5.74) is 1.54. The van der Waals surface area contributed by atoms with Crippen LogP contribution < -0.4 is 10.2 Å². The zero-order chi connectivity index (χ0) is 15.1. The fraction of sp³-hybridized carbons (Fsp3) is 0.294. The van der Waals surface area contributed by atoms with E-state index in [1.54, 1.807) is 17.1 Å². The molecule has 1 heterocycles. The average molecular weight is 284 g/mol. The number of nitrogens with one attached hydrogen (secondary N) is 1. The highest BCUT2D eigenvalue weighted by Crippen LogP contribution is 2.23. The summed E-state index contributed by atoms with van der Waals surface area (Å²) < 4.78 is 0. The lowest BCUT2D eigenvalue weighted by molar-refractivity contribution is -0.119. The number of nitrogens with zero attached hydrogens (tertiary/aromatic N) is 1. The predicted molar refractivity (Wildman–Crippen MR) is 85.2 cm³/mol. The van der Waals surface area contributed by atoms with Crippen LogP contribution in [0.1, 0.15) is 26.2 Å². The Balaban J connectivity index is 2.07.